The minimum atomic E-state index is -4.71. The number of aromatic amines is 1. The molecule has 42 heavy (non-hydrogen) atoms. The normalized spacial score (nSPS) is 22.4. The number of ether oxygens (including phenoxy) is 4. The van der Waals surface area contributed by atoms with E-state index in [0.29, 0.717) is 5.69 Å². The molecule has 3 aromatic rings. The van der Waals surface area contributed by atoms with E-state index < -0.39 is 66.2 Å². The Morgan fingerprint density at radius 1 is 1.17 bits per heavy atom. The van der Waals surface area contributed by atoms with Gasteiger partial charge < -0.3 is 23.9 Å². The second kappa shape index (κ2) is 12.9. The predicted octanol–water partition coefficient (Wildman–Crippen LogP) is 3.36. The largest absolute Gasteiger partial charge is 0.463 e. The zero-order valence-corrected chi connectivity index (χ0v) is 25.0. The van der Waals surface area contributed by atoms with Crippen molar-refractivity contribution in [1.82, 2.24) is 25.0 Å². The SMILES string of the molecule is CC(=O)OCC1O[C@H](Sc2cnc(C(F)(F)F)c(Br)c2)C(OC(C)=O)C(n2cc(-c3csc(=O)[nH]3)nn2)[C@H]1OC(C)=O. The molecule has 4 rings (SSSR count). The van der Waals surface area contributed by atoms with Crippen LogP contribution >= 0.6 is 39.0 Å². The summed E-state index contributed by atoms with van der Waals surface area (Å²) < 4.78 is 63.1. The summed E-state index contributed by atoms with van der Waals surface area (Å²) in [7, 11) is 0. The van der Waals surface area contributed by atoms with Crippen molar-refractivity contribution in [1.29, 1.82) is 0 Å². The van der Waals surface area contributed by atoms with Gasteiger partial charge in [0.1, 0.15) is 29.9 Å². The number of thioether (sulfide) groups is 1. The Morgan fingerprint density at radius 2 is 1.86 bits per heavy atom. The number of aromatic nitrogens is 5. The van der Waals surface area contributed by atoms with Crippen LogP contribution < -0.4 is 4.87 Å². The van der Waals surface area contributed by atoms with Crippen LogP contribution in [0.4, 0.5) is 13.2 Å². The molecule has 19 heteroatoms. The summed E-state index contributed by atoms with van der Waals surface area (Å²) in [4.78, 5) is 53.7. The zero-order chi connectivity index (χ0) is 30.8. The molecule has 0 amide bonds. The van der Waals surface area contributed by atoms with E-state index >= 15 is 0 Å². The first-order valence-electron chi connectivity index (χ1n) is 11.9. The van der Waals surface area contributed by atoms with Gasteiger partial charge in [-0.1, -0.05) is 28.3 Å². The number of esters is 3. The van der Waals surface area contributed by atoms with Crippen molar-refractivity contribution in [2.45, 2.75) is 61.6 Å². The van der Waals surface area contributed by atoms with Crippen LogP contribution in [0.15, 0.2) is 38.0 Å². The van der Waals surface area contributed by atoms with Crippen LogP contribution in [0.3, 0.4) is 0 Å². The van der Waals surface area contributed by atoms with Crippen molar-refractivity contribution in [3.05, 3.63) is 43.7 Å². The number of pyridine rings is 1. The summed E-state index contributed by atoms with van der Waals surface area (Å²) in [5.41, 5.74) is -1.72. The molecule has 1 saturated heterocycles. The lowest BCUT2D eigenvalue weighted by molar-refractivity contribution is -0.212. The van der Waals surface area contributed by atoms with Crippen molar-refractivity contribution >= 4 is 56.9 Å². The zero-order valence-electron chi connectivity index (χ0n) is 21.8. The molecule has 1 aliphatic rings. The van der Waals surface area contributed by atoms with Gasteiger partial charge in [-0.3, -0.25) is 19.2 Å². The summed E-state index contributed by atoms with van der Waals surface area (Å²) >= 11 is 4.65. The molecule has 0 aliphatic carbocycles. The molecule has 0 spiro atoms. The number of rotatable bonds is 8. The minimum Gasteiger partial charge on any atom is -0.463 e. The Bertz CT molecular complexity index is 1530. The molecule has 0 saturated carbocycles. The number of carbonyl (C=O) groups is 3. The number of alkyl halides is 3. The lowest BCUT2D eigenvalue weighted by atomic mass is 9.96. The maximum absolute atomic E-state index is 13.3. The van der Waals surface area contributed by atoms with Gasteiger partial charge in [0.25, 0.3) is 0 Å². The molecule has 5 atom stereocenters. The van der Waals surface area contributed by atoms with Crippen LogP contribution in [-0.2, 0) is 39.5 Å². The Kier molecular flexibility index (Phi) is 9.74. The van der Waals surface area contributed by atoms with Gasteiger partial charge in [-0.2, -0.15) is 13.2 Å². The van der Waals surface area contributed by atoms with Crippen molar-refractivity contribution < 1.29 is 46.5 Å². The number of H-pyrrole nitrogens is 1. The van der Waals surface area contributed by atoms with Crippen molar-refractivity contribution in [3.63, 3.8) is 0 Å². The van der Waals surface area contributed by atoms with E-state index in [1.54, 1.807) is 0 Å². The topological polar surface area (TPSA) is 165 Å². The molecule has 1 fully saturated rings. The first-order chi connectivity index (χ1) is 19.7. The van der Waals surface area contributed by atoms with Crippen LogP contribution in [0.1, 0.15) is 32.5 Å². The first-order valence-corrected chi connectivity index (χ1v) is 14.4. The highest BCUT2D eigenvalue weighted by Gasteiger charge is 2.52. The number of hydrogen-bond acceptors (Lipinski definition) is 13. The van der Waals surface area contributed by atoms with E-state index in [-0.39, 0.29) is 19.9 Å². The van der Waals surface area contributed by atoms with Crippen LogP contribution in [0.2, 0.25) is 0 Å². The summed E-state index contributed by atoms with van der Waals surface area (Å²) in [6, 6.07) is 0.0331. The summed E-state index contributed by atoms with van der Waals surface area (Å²) in [5, 5.41) is 9.70. The number of halogens is 4. The Morgan fingerprint density at radius 3 is 2.43 bits per heavy atom. The van der Waals surface area contributed by atoms with Gasteiger partial charge in [-0.15, -0.1) is 5.10 Å². The Balaban J connectivity index is 1.79. The summed E-state index contributed by atoms with van der Waals surface area (Å²) in [6.07, 6.45) is -5.99. The van der Waals surface area contributed by atoms with Crippen LogP contribution in [0, 0.1) is 0 Å². The second-order valence-electron chi connectivity index (χ2n) is 8.75. The maximum atomic E-state index is 13.3. The fourth-order valence-corrected chi connectivity index (χ4v) is 6.47. The Hall–Kier alpha value is -3.29. The monoisotopic (exact) mass is 695 g/mol. The highest BCUT2D eigenvalue weighted by Crippen LogP contribution is 2.43. The first kappa shape index (κ1) is 31.6. The van der Waals surface area contributed by atoms with Gasteiger partial charge in [-0.25, -0.2) is 9.67 Å². The van der Waals surface area contributed by atoms with Crippen LogP contribution in [0.5, 0.6) is 0 Å². The molecule has 13 nitrogen and oxygen atoms in total. The average molecular weight is 696 g/mol. The van der Waals surface area contributed by atoms with Crippen molar-refractivity contribution in [2.24, 2.45) is 0 Å². The fourth-order valence-electron chi connectivity index (χ4n) is 4.06. The minimum absolute atomic E-state index is 0.197. The standard InChI is InChI=1S/C23H21BrF3N5O8S2/c1-9(33)37-7-16-18(38-10(2)34)17(32-6-14(30-31-32)15-8-41-22(36)29-15)19(39-11(3)35)21(40-16)42-12-4-13(24)20(28-5-12)23(25,26)27/h4-6,8,16-19,21H,7H2,1-3H3,(H,29,36)/t16?,17?,18-,19?,21+/m0/s1. The summed E-state index contributed by atoms with van der Waals surface area (Å²) in [5.74, 6) is -2.16. The molecular formula is C23H21BrF3N5O8S2. The Labute approximate surface area is 251 Å². The fraction of sp³-hybridized carbons (Fsp3) is 0.435. The smallest absolute Gasteiger partial charge is 0.434 e. The molecule has 0 bridgehead atoms. The predicted molar refractivity (Wildman–Crippen MR) is 142 cm³/mol. The number of hydrogen-bond donors (Lipinski definition) is 1. The van der Waals surface area contributed by atoms with Gasteiger partial charge in [0, 0.05) is 41.7 Å². The highest BCUT2D eigenvalue weighted by molar-refractivity contribution is 9.10. The quantitative estimate of drug-likeness (QED) is 0.270. The van der Waals surface area contributed by atoms with Crippen molar-refractivity contribution in [2.75, 3.05) is 6.61 Å². The molecule has 4 heterocycles. The van der Waals surface area contributed by atoms with Gasteiger partial charge in [-0.05, 0) is 22.0 Å². The van der Waals surface area contributed by atoms with E-state index in [4.69, 9.17) is 18.9 Å². The molecular weight excluding hydrogens is 675 g/mol. The molecule has 1 aliphatic heterocycles. The number of thiazole rings is 1. The van der Waals surface area contributed by atoms with E-state index in [1.165, 1.54) is 22.3 Å². The average Bonchev–Trinajstić information content (AvgIpc) is 3.52. The molecule has 3 unspecified atom stereocenters. The van der Waals surface area contributed by atoms with Gasteiger partial charge in [0.2, 0.25) is 0 Å². The van der Waals surface area contributed by atoms with Crippen LogP contribution in [-0.4, -0.2) is 73.2 Å². The third-order valence-corrected chi connectivity index (χ3v) is 8.00. The van der Waals surface area contributed by atoms with E-state index in [2.05, 4.69) is 36.2 Å². The van der Waals surface area contributed by atoms with Gasteiger partial charge >= 0.3 is 29.0 Å². The molecule has 0 radical (unpaired) electrons. The molecule has 3 aromatic heterocycles. The molecule has 1 N–H and O–H groups in total. The van der Waals surface area contributed by atoms with Crippen molar-refractivity contribution in [3.8, 4) is 11.4 Å². The maximum Gasteiger partial charge on any atom is 0.434 e. The third-order valence-electron chi connectivity index (χ3n) is 5.62. The van der Waals surface area contributed by atoms with Crippen LogP contribution in [0.25, 0.3) is 11.4 Å². The molecule has 0 aromatic carbocycles. The number of nitrogens with one attached hydrogen (secondary N) is 1. The van der Waals surface area contributed by atoms with Gasteiger partial charge in [0.05, 0.1) is 11.9 Å². The highest BCUT2D eigenvalue weighted by atomic mass is 79.9. The molecule has 226 valence electrons. The van der Waals surface area contributed by atoms with E-state index in [1.807, 2.05) is 0 Å². The third kappa shape index (κ3) is 7.56. The summed E-state index contributed by atoms with van der Waals surface area (Å²) in [6.45, 7) is 3.02. The number of carbonyl (C=O) groups excluding carboxylic acids is 3. The van der Waals surface area contributed by atoms with Gasteiger partial charge in [0.15, 0.2) is 17.9 Å². The van der Waals surface area contributed by atoms with E-state index in [0.717, 1.165) is 50.1 Å². The lowest BCUT2D eigenvalue weighted by Crippen LogP contribution is -2.57. The number of nitrogens with zero attached hydrogens (tertiary/aromatic N) is 4. The lowest BCUT2D eigenvalue weighted by Gasteiger charge is -2.44. The van der Waals surface area contributed by atoms with E-state index in [9.17, 15) is 32.3 Å². The second-order valence-corrected chi connectivity index (χ2v) is 11.6.